The fourth-order valence-corrected chi connectivity index (χ4v) is 2.20. The summed E-state index contributed by atoms with van der Waals surface area (Å²) in [5.74, 6) is 0.634. The molecule has 0 bridgehead atoms. The minimum Gasteiger partial charge on any atom is -0.376 e. The normalized spacial score (nSPS) is 18.9. The average Bonchev–Trinajstić information content (AvgIpc) is 2.45. The monoisotopic (exact) mass is 263 g/mol. The summed E-state index contributed by atoms with van der Waals surface area (Å²) in [4.78, 5) is 16.4. The summed E-state index contributed by atoms with van der Waals surface area (Å²) in [5.41, 5.74) is 1.46. The molecule has 1 aromatic rings. The van der Waals surface area contributed by atoms with E-state index in [-0.39, 0.29) is 12.0 Å². The molecule has 104 valence electrons. The molecule has 2 N–H and O–H groups in total. The van der Waals surface area contributed by atoms with Gasteiger partial charge < -0.3 is 15.4 Å². The van der Waals surface area contributed by atoms with Crippen molar-refractivity contribution >= 4 is 11.7 Å². The van der Waals surface area contributed by atoms with Crippen molar-refractivity contribution in [1.82, 2.24) is 10.3 Å². The second-order valence-electron chi connectivity index (χ2n) is 4.83. The summed E-state index contributed by atoms with van der Waals surface area (Å²) in [6, 6.07) is 3.54. The molecule has 5 heteroatoms. The van der Waals surface area contributed by atoms with Crippen molar-refractivity contribution in [3.63, 3.8) is 0 Å². The van der Waals surface area contributed by atoms with Crippen LogP contribution in [0.5, 0.6) is 0 Å². The first kappa shape index (κ1) is 13.8. The van der Waals surface area contributed by atoms with E-state index < -0.39 is 0 Å². The zero-order valence-electron chi connectivity index (χ0n) is 11.5. The maximum atomic E-state index is 12.1. The van der Waals surface area contributed by atoms with E-state index in [2.05, 4.69) is 15.6 Å². The maximum Gasteiger partial charge on any atom is 0.251 e. The van der Waals surface area contributed by atoms with Gasteiger partial charge in [-0.05, 0) is 38.3 Å². The lowest BCUT2D eigenvalue weighted by molar-refractivity contribution is 0.0169. The Kier molecular flexibility index (Phi) is 4.74. The molecule has 1 unspecified atom stereocenters. The van der Waals surface area contributed by atoms with Crippen LogP contribution in [0.3, 0.4) is 0 Å². The van der Waals surface area contributed by atoms with E-state index in [1.54, 1.807) is 19.2 Å². The number of ether oxygens (including phenoxy) is 1. The molecule has 1 fully saturated rings. The van der Waals surface area contributed by atoms with Crippen LogP contribution in [-0.4, -0.2) is 37.2 Å². The Balaban J connectivity index is 1.93. The molecule has 0 aliphatic carbocycles. The van der Waals surface area contributed by atoms with Gasteiger partial charge in [-0.25, -0.2) is 4.98 Å². The first-order valence-corrected chi connectivity index (χ1v) is 6.75. The number of carbonyl (C=O) groups excluding carboxylic acids is 1. The Hall–Kier alpha value is -1.62. The summed E-state index contributed by atoms with van der Waals surface area (Å²) in [5, 5.41) is 5.88. The topological polar surface area (TPSA) is 63.2 Å². The predicted molar refractivity (Wildman–Crippen MR) is 74.4 cm³/mol. The Morgan fingerprint density at radius 1 is 1.47 bits per heavy atom. The molecule has 1 amide bonds. The van der Waals surface area contributed by atoms with Gasteiger partial charge in [-0.1, -0.05) is 0 Å². The quantitative estimate of drug-likeness (QED) is 0.868. The number of rotatable bonds is 4. The number of aryl methyl sites for hydroxylation is 1. The van der Waals surface area contributed by atoms with Crippen LogP contribution in [0.2, 0.25) is 0 Å². The van der Waals surface area contributed by atoms with E-state index in [9.17, 15) is 4.79 Å². The van der Waals surface area contributed by atoms with Crippen LogP contribution in [0.15, 0.2) is 12.1 Å². The van der Waals surface area contributed by atoms with Crippen LogP contribution in [-0.2, 0) is 4.74 Å². The number of hydrogen-bond donors (Lipinski definition) is 2. The molecule has 19 heavy (non-hydrogen) atoms. The smallest absolute Gasteiger partial charge is 0.251 e. The van der Waals surface area contributed by atoms with Crippen molar-refractivity contribution in [2.24, 2.45) is 0 Å². The van der Waals surface area contributed by atoms with Gasteiger partial charge in [0.1, 0.15) is 5.82 Å². The van der Waals surface area contributed by atoms with Gasteiger partial charge in [0.05, 0.1) is 6.10 Å². The standard InChI is InChI=1S/C14H21N3O2/c1-10-7-11(8-13(15-2)17-10)14(18)16-9-12-5-3-4-6-19-12/h7-8,12H,3-6,9H2,1-2H3,(H,15,17)(H,16,18). The molecule has 0 saturated carbocycles. The highest BCUT2D eigenvalue weighted by Crippen LogP contribution is 2.13. The lowest BCUT2D eigenvalue weighted by Gasteiger charge is -2.22. The Labute approximate surface area is 113 Å². The minimum atomic E-state index is -0.0730. The van der Waals surface area contributed by atoms with Crippen molar-refractivity contribution in [2.75, 3.05) is 25.5 Å². The summed E-state index contributed by atoms with van der Waals surface area (Å²) in [6.45, 7) is 3.26. The minimum absolute atomic E-state index is 0.0730. The number of carbonyl (C=O) groups is 1. The van der Waals surface area contributed by atoms with Gasteiger partial charge in [0.15, 0.2) is 0 Å². The molecular weight excluding hydrogens is 242 g/mol. The third kappa shape index (κ3) is 3.92. The molecule has 0 radical (unpaired) electrons. The third-order valence-corrected chi connectivity index (χ3v) is 3.24. The van der Waals surface area contributed by atoms with Crippen molar-refractivity contribution in [3.05, 3.63) is 23.4 Å². The molecule has 1 aliphatic rings. The predicted octanol–water partition coefficient (Wildman–Crippen LogP) is 1.73. The number of amides is 1. The largest absolute Gasteiger partial charge is 0.376 e. The number of hydrogen-bond acceptors (Lipinski definition) is 4. The van der Waals surface area contributed by atoms with Gasteiger partial charge in [0.25, 0.3) is 5.91 Å². The van der Waals surface area contributed by atoms with E-state index in [4.69, 9.17) is 4.74 Å². The Morgan fingerprint density at radius 3 is 3.00 bits per heavy atom. The summed E-state index contributed by atoms with van der Waals surface area (Å²) in [7, 11) is 1.79. The van der Waals surface area contributed by atoms with Crippen LogP contribution >= 0.6 is 0 Å². The lowest BCUT2D eigenvalue weighted by Crippen LogP contribution is -2.35. The molecule has 0 aromatic carbocycles. The van der Waals surface area contributed by atoms with Gasteiger partial charge in [-0.2, -0.15) is 0 Å². The van der Waals surface area contributed by atoms with E-state index in [0.29, 0.717) is 17.9 Å². The van der Waals surface area contributed by atoms with Crippen molar-refractivity contribution < 1.29 is 9.53 Å². The fraction of sp³-hybridized carbons (Fsp3) is 0.571. The second kappa shape index (κ2) is 6.52. The van der Waals surface area contributed by atoms with Gasteiger partial charge in [0, 0.05) is 31.5 Å². The fourth-order valence-electron chi connectivity index (χ4n) is 2.20. The zero-order valence-corrected chi connectivity index (χ0v) is 11.5. The van der Waals surface area contributed by atoms with Gasteiger partial charge >= 0.3 is 0 Å². The van der Waals surface area contributed by atoms with Gasteiger partial charge in [0.2, 0.25) is 0 Å². The molecule has 5 nitrogen and oxygen atoms in total. The molecule has 1 aromatic heterocycles. The number of nitrogens with zero attached hydrogens (tertiary/aromatic N) is 1. The van der Waals surface area contributed by atoms with Crippen molar-refractivity contribution in [3.8, 4) is 0 Å². The lowest BCUT2D eigenvalue weighted by atomic mass is 10.1. The molecule has 0 spiro atoms. The zero-order chi connectivity index (χ0) is 13.7. The Morgan fingerprint density at radius 2 is 2.32 bits per heavy atom. The van der Waals surface area contributed by atoms with Crippen LogP contribution in [0, 0.1) is 6.92 Å². The highest BCUT2D eigenvalue weighted by atomic mass is 16.5. The number of aromatic nitrogens is 1. The second-order valence-corrected chi connectivity index (χ2v) is 4.83. The van der Waals surface area contributed by atoms with Crippen molar-refractivity contribution in [1.29, 1.82) is 0 Å². The molecule has 1 saturated heterocycles. The summed E-state index contributed by atoms with van der Waals surface area (Å²) < 4.78 is 5.59. The maximum absolute atomic E-state index is 12.1. The highest BCUT2D eigenvalue weighted by molar-refractivity contribution is 5.95. The Bertz CT molecular complexity index is 442. The SMILES string of the molecule is CNc1cc(C(=O)NCC2CCCCO2)cc(C)n1. The van der Waals surface area contributed by atoms with Crippen LogP contribution in [0.1, 0.15) is 35.3 Å². The third-order valence-electron chi connectivity index (χ3n) is 3.24. The molecule has 1 aliphatic heterocycles. The first-order valence-electron chi connectivity index (χ1n) is 6.75. The van der Waals surface area contributed by atoms with Crippen LogP contribution in [0.4, 0.5) is 5.82 Å². The van der Waals surface area contributed by atoms with E-state index in [0.717, 1.165) is 25.1 Å². The van der Waals surface area contributed by atoms with E-state index in [1.165, 1.54) is 6.42 Å². The van der Waals surface area contributed by atoms with E-state index in [1.807, 2.05) is 6.92 Å². The molecular formula is C14H21N3O2. The highest BCUT2D eigenvalue weighted by Gasteiger charge is 2.15. The summed E-state index contributed by atoms with van der Waals surface area (Å²) in [6.07, 6.45) is 3.49. The van der Waals surface area contributed by atoms with Gasteiger partial charge in [-0.3, -0.25) is 4.79 Å². The number of nitrogens with one attached hydrogen (secondary N) is 2. The molecule has 2 heterocycles. The average molecular weight is 263 g/mol. The van der Waals surface area contributed by atoms with Crippen molar-refractivity contribution in [2.45, 2.75) is 32.3 Å². The first-order chi connectivity index (χ1) is 9.19. The number of anilines is 1. The van der Waals surface area contributed by atoms with Gasteiger partial charge in [-0.15, -0.1) is 0 Å². The summed E-state index contributed by atoms with van der Waals surface area (Å²) >= 11 is 0. The van der Waals surface area contributed by atoms with Crippen LogP contribution in [0.25, 0.3) is 0 Å². The molecule has 2 rings (SSSR count). The molecule has 1 atom stereocenters. The van der Waals surface area contributed by atoms with Crippen LogP contribution < -0.4 is 10.6 Å². The number of pyridine rings is 1. The van der Waals surface area contributed by atoms with E-state index >= 15 is 0 Å².